The van der Waals surface area contributed by atoms with Gasteiger partial charge in [-0.05, 0) is 36.4 Å². The molecule has 1 atom stereocenters. The van der Waals surface area contributed by atoms with Crippen molar-refractivity contribution in [3.63, 3.8) is 0 Å². The van der Waals surface area contributed by atoms with E-state index in [2.05, 4.69) is 4.98 Å². The highest BCUT2D eigenvalue weighted by Gasteiger charge is 2.17. The van der Waals surface area contributed by atoms with Gasteiger partial charge in [0.15, 0.2) is 11.5 Å². The van der Waals surface area contributed by atoms with Gasteiger partial charge < -0.3 is 24.3 Å². The summed E-state index contributed by atoms with van der Waals surface area (Å²) in [5, 5.41) is 12.9. The first-order valence-electron chi connectivity index (χ1n) is 11.3. The highest BCUT2D eigenvalue weighted by atomic mass is 32.1. The largest absolute Gasteiger partial charge is 0.493 e. The van der Waals surface area contributed by atoms with E-state index in [1.807, 2.05) is 65.7 Å². The lowest BCUT2D eigenvalue weighted by molar-refractivity contribution is 0.0667. The lowest BCUT2D eigenvalue weighted by Crippen LogP contribution is -2.36. The minimum Gasteiger partial charge on any atom is -0.493 e. The molecular weight excluding hydrogens is 466 g/mol. The third-order valence-corrected chi connectivity index (χ3v) is 6.53. The van der Waals surface area contributed by atoms with Crippen molar-refractivity contribution in [2.75, 3.05) is 33.9 Å². The number of nitrogens with one attached hydrogen (secondary N) is 1. The molecule has 2 aromatic carbocycles. The Bertz CT molecular complexity index is 1320. The number of nitrogens with zero attached hydrogens (tertiary/aromatic N) is 2. The molecule has 2 aromatic heterocycles. The van der Waals surface area contributed by atoms with Crippen LogP contribution in [-0.4, -0.2) is 60.0 Å². The SMILES string of the molecule is CCN(Cc1nc2scc(-c3ccc(OC)c(OC)c3)c2c(=O)[nH]1)CC(O)COc1ccccc1. The first kappa shape index (κ1) is 24.7. The number of ether oxygens (including phenoxy) is 3. The van der Waals surface area contributed by atoms with E-state index < -0.39 is 6.10 Å². The Kier molecular flexibility index (Phi) is 8.02. The normalized spacial score (nSPS) is 12.1. The van der Waals surface area contributed by atoms with Crippen LogP contribution in [0.4, 0.5) is 0 Å². The van der Waals surface area contributed by atoms with E-state index in [0.717, 1.165) is 11.1 Å². The van der Waals surface area contributed by atoms with Gasteiger partial charge in [-0.25, -0.2) is 4.98 Å². The van der Waals surface area contributed by atoms with E-state index in [4.69, 9.17) is 19.2 Å². The van der Waals surface area contributed by atoms with Crippen LogP contribution in [0.5, 0.6) is 17.2 Å². The summed E-state index contributed by atoms with van der Waals surface area (Å²) in [6.45, 7) is 3.68. The van der Waals surface area contributed by atoms with Crippen molar-refractivity contribution in [3.05, 3.63) is 70.1 Å². The van der Waals surface area contributed by atoms with Crippen molar-refractivity contribution < 1.29 is 19.3 Å². The number of methoxy groups -OCH3 is 2. The zero-order valence-corrected chi connectivity index (χ0v) is 20.8. The van der Waals surface area contributed by atoms with Gasteiger partial charge in [0.2, 0.25) is 0 Å². The number of H-pyrrole nitrogens is 1. The van der Waals surface area contributed by atoms with Crippen LogP contribution < -0.4 is 19.8 Å². The molecule has 35 heavy (non-hydrogen) atoms. The van der Waals surface area contributed by atoms with Crippen molar-refractivity contribution in [1.82, 2.24) is 14.9 Å². The number of aromatic nitrogens is 2. The third-order valence-electron chi connectivity index (χ3n) is 5.66. The topological polar surface area (TPSA) is 96.9 Å². The lowest BCUT2D eigenvalue weighted by Gasteiger charge is -2.23. The Morgan fingerprint density at radius 2 is 1.89 bits per heavy atom. The summed E-state index contributed by atoms with van der Waals surface area (Å²) in [7, 11) is 3.17. The molecule has 0 amide bonds. The highest BCUT2D eigenvalue weighted by molar-refractivity contribution is 7.17. The molecule has 0 fully saturated rings. The third kappa shape index (κ3) is 5.82. The molecule has 184 valence electrons. The summed E-state index contributed by atoms with van der Waals surface area (Å²) in [6.07, 6.45) is -0.677. The Morgan fingerprint density at radius 3 is 2.60 bits per heavy atom. The maximum atomic E-state index is 13.1. The van der Waals surface area contributed by atoms with Crippen molar-refractivity contribution in [3.8, 4) is 28.4 Å². The number of aliphatic hydroxyl groups is 1. The lowest BCUT2D eigenvalue weighted by atomic mass is 10.1. The standard InChI is InChI=1S/C26H29N3O5S/c1-4-29(13-18(30)15-34-19-8-6-5-7-9-19)14-23-27-25(31)24-20(16-35-26(24)28-23)17-10-11-21(32-2)22(12-17)33-3/h5-12,16,18,30H,4,13-15H2,1-3H3,(H,27,28,31). The Hall–Kier alpha value is -3.40. The Morgan fingerprint density at radius 1 is 1.11 bits per heavy atom. The summed E-state index contributed by atoms with van der Waals surface area (Å²) in [5.74, 6) is 2.50. The second kappa shape index (κ2) is 11.4. The smallest absolute Gasteiger partial charge is 0.260 e. The fourth-order valence-corrected chi connectivity index (χ4v) is 4.83. The van der Waals surface area contributed by atoms with Crippen molar-refractivity contribution in [1.29, 1.82) is 0 Å². The van der Waals surface area contributed by atoms with Crippen LogP contribution >= 0.6 is 11.3 Å². The maximum Gasteiger partial charge on any atom is 0.260 e. The fraction of sp³-hybridized carbons (Fsp3) is 0.308. The van der Waals surface area contributed by atoms with Crippen molar-refractivity contribution in [2.45, 2.75) is 19.6 Å². The highest BCUT2D eigenvalue weighted by Crippen LogP contribution is 2.36. The molecule has 1 unspecified atom stereocenters. The second-order valence-corrected chi connectivity index (χ2v) is 8.88. The van der Waals surface area contributed by atoms with E-state index in [1.165, 1.54) is 11.3 Å². The number of rotatable bonds is 11. The van der Waals surface area contributed by atoms with Gasteiger partial charge in [-0.1, -0.05) is 31.2 Å². The number of thiophene rings is 1. The molecule has 0 aliphatic rings. The number of hydrogen-bond acceptors (Lipinski definition) is 8. The first-order valence-corrected chi connectivity index (χ1v) is 12.2. The molecule has 4 aromatic rings. The number of hydrogen-bond donors (Lipinski definition) is 2. The molecule has 0 bridgehead atoms. The molecule has 8 nitrogen and oxygen atoms in total. The van der Waals surface area contributed by atoms with Gasteiger partial charge in [-0.15, -0.1) is 11.3 Å². The van der Waals surface area contributed by atoms with E-state index in [9.17, 15) is 9.90 Å². The molecule has 2 heterocycles. The number of fused-ring (bicyclic) bond motifs is 1. The number of aliphatic hydroxyl groups excluding tert-OH is 1. The van der Waals surface area contributed by atoms with Gasteiger partial charge in [0.1, 0.15) is 29.1 Å². The summed E-state index contributed by atoms with van der Waals surface area (Å²) < 4.78 is 16.4. The number of para-hydroxylation sites is 1. The predicted molar refractivity (Wildman–Crippen MR) is 138 cm³/mol. The molecule has 0 spiro atoms. The maximum absolute atomic E-state index is 13.1. The second-order valence-electron chi connectivity index (χ2n) is 8.02. The fourth-order valence-electron chi connectivity index (χ4n) is 3.86. The molecule has 0 saturated carbocycles. The Labute approximate surface area is 207 Å². The van der Waals surface area contributed by atoms with Crippen LogP contribution in [0.1, 0.15) is 12.7 Å². The van der Waals surface area contributed by atoms with Crippen LogP contribution in [0.25, 0.3) is 21.3 Å². The minimum atomic E-state index is -0.677. The number of aromatic amines is 1. The van der Waals surface area contributed by atoms with Gasteiger partial charge in [-0.2, -0.15) is 0 Å². The van der Waals surface area contributed by atoms with Crippen LogP contribution in [-0.2, 0) is 6.54 Å². The van der Waals surface area contributed by atoms with Crippen LogP contribution in [0.2, 0.25) is 0 Å². The molecule has 9 heteroatoms. The molecule has 0 saturated heterocycles. The van der Waals surface area contributed by atoms with E-state index in [-0.39, 0.29) is 12.2 Å². The average Bonchev–Trinajstić information content (AvgIpc) is 3.32. The summed E-state index contributed by atoms with van der Waals surface area (Å²) in [5.41, 5.74) is 1.46. The van der Waals surface area contributed by atoms with Crippen molar-refractivity contribution >= 4 is 21.6 Å². The Balaban J connectivity index is 1.49. The molecule has 4 rings (SSSR count). The van der Waals surface area contributed by atoms with E-state index in [1.54, 1.807) is 14.2 Å². The monoisotopic (exact) mass is 495 g/mol. The number of likely N-dealkylation sites (N-methyl/N-ethyl adjacent to an activating group) is 1. The molecule has 0 radical (unpaired) electrons. The average molecular weight is 496 g/mol. The van der Waals surface area contributed by atoms with Crippen molar-refractivity contribution in [2.24, 2.45) is 0 Å². The molecule has 0 aliphatic carbocycles. The number of benzene rings is 2. The first-order chi connectivity index (χ1) is 17.0. The zero-order valence-electron chi connectivity index (χ0n) is 20.0. The van der Waals surface area contributed by atoms with Gasteiger partial charge in [0.05, 0.1) is 26.2 Å². The van der Waals surface area contributed by atoms with Crippen LogP contribution in [0.3, 0.4) is 0 Å². The molecule has 2 N–H and O–H groups in total. The summed E-state index contributed by atoms with van der Waals surface area (Å²) in [6, 6.07) is 15.0. The molecular formula is C26H29N3O5S. The summed E-state index contributed by atoms with van der Waals surface area (Å²) in [4.78, 5) is 23.4. The zero-order chi connectivity index (χ0) is 24.8. The van der Waals surface area contributed by atoms with E-state index in [0.29, 0.717) is 52.9 Å². The quantitative estimate of drug-likeness (QED) is 0.325. The van der Waals surface area contributed by atoms with Gasteiger partial charge >= 0.3 is 0 Å². The minimum absolute atomic E-state index is 0.184. The summed E-state index contributed by atoms with van der Waals surface area (Å²) >= 11 is 1.42. The van der Waals surface area contributed by atoms with Crippen LogP contribution in [0.15, 0.2) is 58.7 Å². The van der Waals surface area contributed by atoms with E-state index >= 15 is 0 Å². The predicted octanol–water partition coefficient (Wildman–Crippen LogP) is 3.93. The van der Waals surface area contributed by atoms with Gasteiger partial charge in [-0.3, -0.25) is 9.69 Å². The van der Waals surface area contributed by atoms with Gasteiger partial charge in [0.25, 0.3) is 5.56 Å². The van der Waals surface area contributed by atoms with Gasteiger partial charge in [0, 0.05) is 17.5 Å². The van der Waals surface area contributed by atoms with Crippen LogP contribution in [0, 0.1) is 0 Å². The molecule has 0 aliphatic heterocycles.